The SMILES string of the molecule is COc1ccc(OC)c(C(C)NC(=O)NCc2ccc(N3CCCC3=O)cc2)c1. The van der Waals surface area contributed by atoms with E-state index >= 15 is 0 Å². The Kier molecular flexibility index (Phi) is 6.59. The van der Waals surface area contributed by atoms with E-state index in [1.54, 1.807) is 19.1 Å². The number of carbonyl (C=O) groups is 2. The Hall–Kier alpha value is -3.22. The van der Waals surface area contributed by atoms with E-state index in [1.165, 1.54) is 0 Å². The fraction of sp³-hybridized carbons (Fsp3) is 0.364. The molecule has 2 aromatic carbocycles. The van der Waals surface area contributed by atoms with Gasteiger partial charge < -0.3 is 25.0 Å². The van der Waals surface area contributed by atoms with Gasteiger partial charge in [0, 0.05) is 30.8 Å². The average molecular weight is 397 g/mol. The van der Waals surface area contributed by atoms with Crippen molar-refractivity contribution in [1.82, 2.24) is 10.6 Å². The quantitative estimate of drug-likeness (QED) is 0.751. The molecule has 1 fully saturated rings. The third kappa shape index (κ3) is 4.99. The van der Waals surface area contributed by atoms with Crippen molar-refractivity contribution >= 4 is 17.6 Å². The summed E-state index contributed by atoms with van der Waals surface area (Å²) in [4.78, 5) is 25.9. The Morgan fingerprint density at radius 3 is 2.52 bits per heavy atom. The van der Waals surface area contributed by atoms with Gasteiger partial charge in [-0.1, -0.05) is 12.1 Å². The molecular weight excluding hydrogens is 370 g/mol. The van der Waals surface area contributed by atoms with E-state index in [9.17, 15) is 9.59 Å². The van der Waals surface area contributed by atoms with Crippen LogP contribution in [0.1, 0.15) is 36.9 Å². The molecule has 3 amide bonds. The summed E-state index contributed by atoms with van der Waals surface area (Å²) in [5.41, 5.74) is 2.70. The fourth-order valence-electron chi connectivity index (χ4n) is 3.40. The summed E-state index contributed by atoms with van der Waals surface area (Å²) in [5, 5.41) is 5.78. The molecule has 2 aromatic rings. The zero-order valence-corrected chi connectivity index (χ0v) is 17.0. The predicted octanol–water partition coefficient (Wildman–Crippen LogP) is 3.39. The number of methoxy groups -OCH3 is 2. The van der Waals surface area contributed by atoms with Crippen molar-refractivity contribution in [1.29, 1.82) is 0 Å². The standard InChI is InChI=1S/C22H27N3O4/c1-15(19-13-18(28-2)10-11-20(19)29-3)24-22(27)23-14-16-6-8-17(9-7-16)25-12-4-5-21(25)26/h6-11,13,15H,4-5,12,14H2,1-3H3,(H2,23,24,27). The van der Waals surface area contributed by atoms with Gasteiger partial charge >= 0.3 is 6.03 Å². The Balaban J connectivity index is 1.55. The number of rotatable bonds is 7. The second-order valence-electron chi connectivity index (χ2n) is 6.97. The second kappa shape index (κ2) is 9.32. The molecule has 29 heavy (non-hydrogen) atoms. The number of urea groups is 1. The average Bonchev–Trinajstić information content (AvgIpc) is 3.17. The van der Waals surface area contributed by atoms with Crippen molar-refractivity contribution in [3.8, 4) is 11.5 Å². The van der Waals surface area contributed by atoms with Crippen LogP contribution in [-0.4, -0.2) is 32.7 Å². The molecule has 1 atom stereocenters. The molecule has 3 rings (SSSR count). The highest BCUT2D eigenvalue weighted by Crippen LogP contribution is 2.29. The summed E-state index contributed by atoms with van der Waals surface area (Å²) < 4.78 is 10.6. The second-order valence-corrected chi connectivity index (χ2v) is 6.97. The van der Waals surface area contributed by atoms with E-state index < -0.39 is 0 Å². The molecular formula is C22H27N3O4. The largest absolute Gasteiger partial charge is 0.497 e. The summed E-state index contributed by atoms with van der Waals surface area (Å²) in [6.07, 6.45) is 1.51. The number of benzene rings is 2. The van der Waals surface area contributed by atoms with Crippen LogP contribution in [0.5, 0.6) is 11.5 Å². The predicted molar refractivity (Wildman–Crippen MR) is 111 cm³/mol. The molecule has 0 saturated carbocycles. The fourth-order valence-corrected chi connectivity index (χ4v) is 3.40. The van der Waals surface area contributed by atoms with Gasteiger partial charge in [0.05, 0.1) is 20.3 Å². The molecule has 154 valence electrons. The Bertz CT molecular complexity index is 867. The first-order valence-electron chi connectivity index (χ1n) is 9.67. The van der Waals surface area contributed by atoms with Crippen LogP contribution in [0.3, 0.4) is 0 Å². The van der Waals surface area contributed by atoms with E-state index in [2.05, 4.69) is 10.6 Å². The molecule has 0 radical (unpaired) electrons. The highest BCUT2D eigenvalue weighted by Gasteiger charge is 2.21. The number of carbonyl (C=O) groups excluding carboxylic acids is 2. The summed E-state index contributed by atoms with van der Waals surface area (Å²) in [6, 6.07) is 12.6. The van der Waals surface area contributed by atoms with E-state index in [4.69, 9.17) is 9.47 Å². The van der Waals surface area contributed by atoms with E-state index in [0.29, 0.717) is 24.5 Å². The van der Waals surface area contributed by atoms with Gasteiger partial charge in [-0.15, -0.1) is 0 Å². The lowest BCUT2D eigenvalue weighted by atomic mass is 10.1. The molecule has 0 aliphatic carbocycles. The zero-order valence-electron chi connectivity index (χ0n) is 17.0. The maximum atomic E-state index is 12.3. The van der Waals surface area contributed by atoms with Gasteiger partial charge in [-0.05, 0) is 49.2 Å². The lowest BCUT2D eigenvalue weighted by Gasteiger charge is -2.19. The van der Waals surface area contributed by atoms with Crippen molar-refractivity contribution in [2.75, 3.05) is 25.7 Å². The minimum atomic E-state index is -0.277. The smallest absolute Gasteiger partial charge is 0.315 e. The van der Waals surface area contributed by atoms with Gasteiger partial charge in [0.2, 0.25) is 5.91 Å². The third-order valence-electron chi connectivity index (χ3n) is 5.03. The number of nitrogens with one attached hydrogen (secondary N) is 2. The molecule has 0 spiro atoms. The maximum Gasteiger partial charge on any atom is 0.315 e. The number of amides is 3. The van der Waals surface area contributed by atoms with Gasteiger partial charge in [0.15, 0.2) is 0 Å². The van der Waals surface area contributed by atoms with Crippen LogP contribution in [0, 0.1) is 0 Å². The van der Waals surface area contributed by atoms with Crippen molar-refractivity contribution in [2.45, 2.75) is 32.4 Å². The van der Waals surface area contributed by atoms with Crippen molar-refractivity contribution in [2.24, 2.45) is 0 Å². The molecule has 1 aliphatic rings. The Morgan fingerprint density at radius 2 is 1.90 bits per heavy atom. The maximum absolute atomic E-state index is 12.3. The van der Waals surface area contributed by atoms with Crippen molar-refractivity contribution in [3.05, 3.63) is 53.6 Å². The van der Waals surface area contributed by atoms with Gasteiger partial charge in [-0.3, -0.25) is 4.79 Å². The number of nitrogens with zero attached hydrogens (tertiary/aromatic N) is 1. The third-order valence-corrected chi connectivity index (χ3v) is 5.03. The first-order chi connectivity index (χ1) is 14.0. The van der Waals surface area contributed by atoms with E-state index in [1.807, 2.05) is 49.4 Å². The summed E-state index contributed by atoms with van der Waals surface area (Å²) in [6.45, 7) is 3.05. The Morgan fingerprint density at radius 1 is 1.14 bits per heavy atom. The molecule has 1 heterocycles. The van der Waals surface area contributed by atoms with Gasteiger partial charge in [0.25, 0.3) is 0 Å². The molecule has 1 aliphatic heterocycles. The molecule has 0 aromatic heterocycles. The first kappa shape index (κ1) is 20.5. The number of ether oxygens (including phenoxy) is 2. The topological polar surface area (TPSA) is 79.9 Å². The minimum absolute atomic E-state index is 0.164. The molecule has 1 unspecified atom stereocenters. The first-order valence-corrected chi connectivity index (χ1v) is 9.67. The van der Waals surface area contributed by atoms with Crippen LogP contribution < -0.4 is 25.0 Å². The summed E-state index contributed by atoms with van der Waals surface area (Å²) in [7, 11) is 3.19. The summed E-state index contributed by atoms with van der Waals surface area (Å²) in [5.74, 6) is 1.55. The lowest BCUT2D eigenvalue weighted by Crippen LogP contribution is -2.36. The Labute approximate surface area is 171 Å². The van der Waals surface area contributed by atoms with E-state index in [0.717, 1.165) is 29.8 Å². The molecule has 1 saturated heterocycles. The number of anilines is 1. The number of hydrogen-bond acceptors (Lipinski definition) is 4. The zero-order chi connectivity index (χ0) is 20.8. The molecule has 7 heteroatoms. The highest BCUT2D eigenvalue weighted by atomic mass is 16.5. The van der Waals surface area contributed by atoms with Crippen molar-refractivity contribution < 1.29 is 19.1 Å². The normalized spacial score (nSPS) is 14.4. The van der Waals surface area contributed by atoms with Crippen LogP contribution in [0.4, 0.5) is 10.5 Å². The lowest BCUT2D eigenvalue weighted by molar-refractivity contribution is -0.117. The van der Waals surface area contributed by atoms with Gasteiger partial charge in [-0.2, -0.15) is 0 Å². The van der Waals surface area contributed by atoms with Crippen LogP contribution in [-0.2, 0) is 11.3 Å². The van der Waals surface area contributed by atoms with Crippen molar-refractivity contribution in [3.63, 3.8) is 0 Å². The monoisotopic (exact) mass is 397 g/mol. The molecule has 7 nitrogen and oxygen atoms in total. The van der Waals surface area contributed by atoms with E-state index in [-0.39, 0.29) is 18.0 Å². The van der Waals surface area contributed by atoms with Gasteiger partial charge in [-0.25, -0.2) is 4.79 Å². The van der Waals surface area contributed by atoms with Crippen LogP contribution in [0.15, 0.2) is 42.5 Å². The molecule has 2 N–H and O–H groups in total. The highest BCUT2D eigenvalue weighted by molar-refractivity contribution is 5.95. The van der Waals surface area contributed by atoms with Crippen LogP contribution in [0.25, 0.3) is 0 Å². The summed E-state index contributed by atoms with van der Waals surface area (Å²) >= 11 is 0. The van der Waals surface area contributed by atoms with Gasteiger partial charge in [0.1, 0.15) is 11.5 Å². The van der Waals surface area contributed by atoms with Crippen LogP contribution in [0.2, 0.25) is 0 Å². The number of hydrogen-bond donors (Lipinski definition) is 2. The van der Waals surface area contributed by atoms with Crippen LogP contribution >= 0.6 is 0 Å². The minimum Gasteiger partial charge on any atom is -0.497 e. The molecule has 0 bridgehead atoms.